The fourth-order valence-corrected chi connectivity index (χ4v) is 2.14. The summed E-state index contributed by atoms with van der Waals surface area (Å²) in [5, 5.41) is 9.72. The third-order valence-electron chi connectivity index (χ3n) is 3.17. The number of hydrogen-bond acceptors (Lipinski definition) is 3. The van der Waals surface area contributed by atoms with Crippen molar-refractivity contribution in [3.8, 4) is 11.5 Å². The van der Waals surface area contributed by atoms with E-state index in [0.29, 0.717) is 12.4 Å². The molecule has 0 radical (unpaired) electrons. The molecule has 0 bridgehead atoms. The van der Waals surface area contributed by atoms with Crippen molar-refractivity contribution in [2.24, 2.45) is 0 Å². The summed E-state index contributed by atoms with van der Waals surface area (Å²) in [5.41, 5.74) is 0.109. The highest BCUT2D eigenvalue weighted by atomic mass is 16.6. The van der Waals surface area contributed by atoms with Gasteiger partial charge in [0.2, 0.25) is 0 Å². The van der Waals surface area contributed by atoms with Gasteiger partial charge in [0.15, 0.2) is 17.1 Å². The number of para-hydroxylation sites is 2. The van der Waals surface area contributed by atoms with Crippen molar-refractivity contribution in [1.82, 2.24) is 0 Å². The highest BCUT2D eigenvalue weighted by Crippen LogP contribution is 2.39. The average Bonchev–Trinajstić information content (AvgIpc) is 2.47. The smallest absolute Gasteiger partial charge is 0.191 e. The molecule has 1 aliphatic rings. The second kappa shape index (κ2) is 4.35. The van der Waals surface area contributed by atoms with Crippen LogP contribution in [0.25, 0.3) is 0 Å². The molecule has 1 atom stereocenters. The molecule has 0 unspecified atom stereocenters. The zero-order chi connectivity index (χ0) is 12.4. The first-order valence-corrected chi connectivity index (χ1v) is 5.91. The molecule has 0 aliphatic carbocycles. The monoisotopic (exact) mass is 242 g/mol. The molecule has 92 valence electrons. The van der Waals surface area contributed by atoms with E-state index in [9.17, 15) is 5.11 Å². The molecule has 18 heavy (non-hydrogen) atoms. The Kier molecular flexibility index (Phi) is 2.68. The minimum absolute atomic E-state index is 0.120. The van der Waals surface area contributed by atoms with E-state index in [-0.39, 0.29) is 6.61 Å². The number of aliphatic hydroxyl groups excluding tert-OH is 1. The lowest BCUT2D eigenvalue weighted by Gasteiger charge is -2.37. The van der Waals surface area contributed by atoms with Gasteiger partial charge in [-0.3, -0.25) is 0 Å². The van der Waals surface area contributed by atoms with Gasteiger partial charge in [-0.15, -0.1) is 0 Å². The van der Waals surface area contributed by atoms with E-state index in [0.717, 1.165) is 11.3 Å². The average molecular weight is 242 g/mol. The Morgan fingerprint density at radius 2 is 1.61 bits per heavy atom. The van der Waals surface area contributed by atoms with E-state index >= 15 is 0 Å². The maximum atomic E-state index is 9.72. The largest absolute Gasteiger partial charge is 0.485 e. The quantitative estimate of drug-likeness (QED) is 0.878. The van der Waals surface area contributed by atoms with Crippen molar-refractivity contribution in [2.75, 3.05) is 13.2 Å². The minimum atomic E-state index is -0.810. The van der Waals surface area contributed by atoms with Crippen LogP contribution < -0.4 is 9.47 Å². The van der Waals surface area contributed by atoms with E-state index in [1.54, 1.807) is 0 Å². The second-order valence-corrected chi connectivity index (χ2v) is 4.36. The van der Waals surface area contributed by atoms with Crippen LogP contribution in [0.5, 0.6) is 11.5 Å². The summed E-state index contributed by atoms with van der Waals surface area (Å²) in [4.78, 5) is 0. The van der Waals surface area contributed by atoms with Gasteiger partial charge in [-0.2, -0.15) is 0 Å². The lowest BCUT2D eigenvalue weighted by molar-refractivity contribution is -0.0522. The fraction of sp³-hybridized carbons (Fsp3) is 0.200. The number of rotatable bonds is 2. The Balaban J connectivity index is 2.01. The summed E-state index contributed by atoms with van der Waals surface area (Å²) in [5.74, 6) is 1.39. The summed E-state index contributed by atoms with van der Waals surface area (Å²) in [6.07, 6.45) is 0. The Bertz CT molecular complexity index is 538. The summed E-state index contributed by atoms with van der Waals surface area (Å²) in [6.45, 7) is 0.190. The molecule has 2 aromatic carbocycles. The first-order chi connectivity index (χ1) is 8.84. The number of hydrogen-bond donors (Lipinski definition) is 1. The number of benzene rings is 2. The second-order valence-electron chi connectivity index (χ2n) is 4.36. The molecule has 1 N–H and O–H groups in total. The van der Waals surface area contributed by atoms with Crippen molar-refractivity contribution >= 4 is 0 Å². The molecule has 0 saturated heterocycles. The molecule has 2 aromatic rings. The van der Waals surface area contributed by atoms with Gasteiger partial charge >= 0.3 is 0 Å². The molecule has 0 spiro atoms. The Morgan fingerprint density at radius 3 is 2.33 bits per heavy atom. The summed E-state index contributed by atoms with van der Waals surface area (Å²) in [7, 11) is 0. The topological polar surface area (TPSA) is 38.7 Å². The van der Waals surface area contributed by atoms with E-state index in [1.165, 1.54) is 0 Å². The maximum absolute atomic E-state index is 9.72. The third kappa shape index (κ3) is 1.73. The maximum Gasteiger partial charge on any atom is 0.191 e. The molecule has 0 amide bonds. The van der Waals surface area contributed by atoms with Crippen LogP contribution in [0.3, 0.4) is 0 Å². The van der Waals surface area contributed by atoms with Gasteiger partial charge in [0, 0.05) is 5.56 Å². The van der Waals surface area contributed by atoms with Crippen LogP contribution in [0, 0.1) is 0 Å². The molecule has 3 nitrogen and oxygen atoms in total. The molecule has 1 aliphatic heterocycles. The van der Waals surface area contributed by atoms with Gasteiger partial charge in [-0.05, 0) is 12.1 Å². The summed E-state index contributed by atoms with van der Waals surface area (Å²) >= 11 is 0. The van der Waals surface area contributed by atoms with Crippen LogP contribution in [0.15, 0.2) is 54.6 Å². The Hall–Kier alpha value is -2.00. The fourth-order valence-electron chi connectivity index (χ4n) is 2.14. The van der Waals surface area contributed by atoms with Crippen LogP contribution in [0.1, 0.15) is 5.56 Å². The van der Waals surface area contributed by atoms with Crippen molar-refractivity contribution < 1.29 is 14.6 Å². The van der Waals surface area contributed by atoms with Crippen LogP contribution >= 0.6 is 0 Å². The van der Waals surface area contributed by atoms with Crippen molar-refractivity contribution in [3.63, 3.8) is 0 Å². The number of aliphatic hydroxyl groups is 1. The molecule has 3 heteroatoms. The zero-order valence-electron chi connectivity index (χ0n) is 9.87. The van der Waals surface area contributed by atoms with Crippen LogP contribution in [-0.4, -0.2) is 18.3 Å². The number of ether oxygens (including phenoxy) is 2. The van der Waals surface area contributed by atoms with Gasteiger partial charge < -0.3 is 14.6 Å². The van der Waals surface area contributed by atoms with Gasteiger partial charge in [-0.25, -0.2) is 0 Å². The predicted octanol–water partition coefficient (Wildman–Crippen LogP) is 2.35. The standard InChI is InChI=1S/C15H14O3/c16-10-15(12-6-2-1-3-7-12)11-17-13-8-4-5-9-14(13)18-15/h1-9,16H,10-11H2/t15-/m1/s1. The first kappa shape index (κ1) is 11.1. The summed E-state index contributed by atoms with van der Waals surface area (Å²) in [6, 6.07) is 17.2. The van der Waals surface area contributed by atoms with Crippen LogP contribution in [0.4, 0.5) is 0 Å². The van der Waals surface area contributed by atoms with E-state index < -0.39 is 5.60 Å². The minimum Gasteiger partial charge on any atom is -0.485 e. The van der Waals surface area contributed by atoms with E-state index in [4.69, 9.17) is 9.47 Å². The lowest BCUT2D eigenvalue weighted by atomic mass is 9.94. The molecule has 1 heterocycles. The van der Waals surface area contributed by atoms with Gasteiger partial charge in [0.1, 0.15) is 6.61 Å². The zero-order valence-corrected chi connectivity index (χ0v) is 9.87. The van der Waals surface area contributed by atoms with Crippen molar-refractivity contribution in [2.45, 2.75) is 5.60 Å². The molecular formula is C15H14O3. The molecule has 3 rings (SSSR count). The summed E-state index contributed by atoms with van der Waals surface area (Å²) < 4.78 is 11.7. The van der Waals surface area contributed by atoms with Crippen LogP contribution in [0.2, 0.25) is 0 Å². The van der Waals surface area contributed by atoms with Gasteiger partial charge in [0.05, 0.1) is 6.61 Å². The predicted molar refractivity (Wildman–Crippen MR) is 67.8 cm³/mol. The van der Waals surface area contributed by atoms with Gasteiger partial charge in [0.25, 0.3) is 0 Å². The molecule has 0 saturated carbocycles. The first-order valence-electron chi connectivity index (χ1n) is 5.91. The van der Waals surface area contributed by atoms with E-state index in [2.05, 4.69) is 0 Å². The van der Waals surface area contributed by atoms with Crippen LogP contribution in [-0.2, 0) is 5.60 Å². The van der Waals surface area contributed by atoms with Gasteiger partial charge in [-0.1, -0.05) is 42.5 Å². The molecular weight excluding hydrogens is 228 g/mol. The third-order valence-corrected chi connectivity index (χ3v) is 3.17. The Morgan fingerprint density at radius 1 is 0.944 bits per heavy atom. The SMILES string of the molecule is OC[C@]1(c2ccccc2)COc2ccccc2O1. The van der Waals surface area contributed by atoms with E-state index in [1.807, 2.05) is 54.6 Å². The normalized spacial score (nSPS) is 21.6. The number of fused-ring (bicyclic) bond motifs is 1. The lowest BCUT2D eigenvalue weighted by Crippen LogP contribution is -2.45. The molecule has 0 aromatic heterocycles. The van der Waals surface area contributed by atoms with Crippen molar-refractivity contribution in [1.29, 1.82) is 0 Å². The molecule has 0 fully saturated rings. The Labute approximate surface area is 106 Å². The highest BCUT2D eigenvalue weighted by molar-refractivity contribution is 5.43. The highest BCUT2D eigenvalue weighted by Gasteiger charge is 2.39. The van der Waals surface area contributed by atoms with Crippen molar-refractivity contribution in [3.05, 3.63) is 60.2 Å².